The van der Waals surface area contributed by atoms with Crippen LogP contribution in [0.2, 0.25) is 0 Å². The highest BCUT2D eigenvalue weighted by Gasteiger charge is 2.19. The number of rotatable bonds is 5. The maximum atomic E-state index is 12.8. The molecule has 0 spiro atoms. The molecule has 6 heteroatoms. The lowest BCUT2D eigenvalue weighted by Gasteiger charge is -2.22. The Bertz CT molecular complexity index is 648. The second-order valence-electron chi connectivity index (χ2n) is 5.68. The fourth-order valence-electron chi connectivity index (χ4n) is 2.66. The molecule has 0 radical (unpaired) electrons. The number of hydrogen-bond acceptors (Lipinski definition) is 4. The summed E-state index contributed by atoms with van der Waals surface area (Å²) < 4.78 is 23.5. The molecule has 1 aliphatic carbocycles. The number of aromatic nitrogens is 1. The molecule has 1 aliphatic rings. The van der Waals surface area contributed by atoms with E-state index in [2.05, 4.69) is 10.3 Å². The first-order valence-electron chi connectivity index (χ1n) is 7.84. The van der Waals surface area contributed by atoms with E-state index in [0.717, 1.165) is 25.7 Å². The zero-order valence-electron chi connectivity index (χ0n) is 12.8. The smallest absolute Gasteiger partial charge is 0.273 e. The summed E-state index contributed by atoms with van der Waals surface area (Å²) in [4.78, 5) is 16.3. The Morgan fingerprint density at radius 1 is 1.26 bits per heavy atom. The van der Waals surface area contributed by atoms with Gasteiger partial charge in [0.25, 0.3) is 5.91 Å². The number of hydrogen-bond donors (Lipinski definition) is 1. The molecule has 1 aromatic heterocycles. The topological polar surface area (TPSA) is 64.4 Å². The van der Waals surface area contributed by atoms with E-state index in [1.54, 1.807) is 0 Å². The second-order valence-corrected chi connectivity index (χ2v) is 5.68. The molecule has 0 aliphatic heterocycles. The van der Waals surface area contributed by atoms with Crippen LogP contribution in [0, 0.1) is 5.82 Å². The Kier molecular flexibility index (Phi) is 4.90. The molecule has 0 saturated heterocycles. The summed E-state index contributed by atoms with van der Waals surface area (Å²) in [5.74, 6) is 0.282. The summed E-state index contributed by atoms with van der Waals surface area (Å²) in [7, 11) is 0. The third-order valence-corrected chi connectivity index (χ3v) is 3.90. The largest absolute Gasteiger partial charge is 0.484 e. The van der Waals surface area contributed by atoms with Crippen LogP contribution in [-0.4, -0.2) is 16.9 Å². The average molecular weight is 318 g/mol. The van der Waals surface area contributed by atoms with Crippen molar-refractivity contribution in [1.82, 2.24) is 10.3 Å². The Morgan fingerprint density at radius 3 is 2.74 bits per heavy atom. The minimum absolute atomic E-state index is 0.0857. The number of carbonyl (C=O) groups excluding carboxylic acids is 1. The molecule has 2 aromatic rings. The summed E-state index contributed by atoms with van der Waals surface area (Å²) >= 11 is 0. The molecule has 0 atom stereocenters. The van der Waals surface area contributed by atoms with Gasteiger partial charge >= 0.3 is 0 Å². The minimum Gasteiger partial charge on any atom is -0.484 e. The Labute approximate surface area is 133 Å². The lowest BCUT2D eigenvalue weighted by atomic mass is 9.95. The van der Waals surface area contributed by atoms with Gasteiger partial charge in [-0.1, -0.05) is 19.3 Å². The number of halogens is 1. The van der Waals surface area contributed by atoms with Crippen molar-refractivity contribution < 1.29 is 18.3 Å². The molecule has 5 nitrogen and oxygen atoms in total. The predicted octanol–water partition coefficient (Wildman–Crippen LogP) is 3.46. The Hall–Kier alpha value is -2.37. The van der Waals surface area contributed by atoms with Crippen LogP contribution in [0.3, 0.4) is 0 Å². The molecule has 0 bridgehead atoms. The molecule has 3 rings (SSSR count). The van der Waals surface area contributed by atoms with Gasteiger partial charge in [0.15, 0.2) is 12.3 Å². The van der Waals surface area contributed by atoms with Gasteiger partial charge in [-0.05, 0) is 37.1 Å². The standard InChI is InChI=1S/C17H19FN2O3/c18-12-6-8-14(9-7-12)22-11-16-20-15(10-23-16)17(21)19-13-4-2-1-3-5-13/h6-10,13H,1-5,11H2,(H,19,21). The van der Waals surface area contributed by atoms with Crippen molar-refractivity contribution in [3.63, 3.8) is 0 Å². The van der Waals surface area contributed by atoms with Crippen LogP contribution in [-0.2, 0) is 6.61 Å². The number of carbonyl (C=O) groups is 1. The number of oxazole rings is 1. The van der Waals surface area contributed by atoms with E-state index in [1.165, 1.54) is 36.9 Å². The molecule has 1 heterocycles. The third-order valence-electron chi connectivity index (χ3n) is 3.90. The van der Waals surface area contributed by atoms with Crippen molar-refractivity contribution in [2.75, 3.05) is 0 Å². The van der Waals surface area contributed by atoms with E-state index in [1.807, 2.05) is 0 Å². The van der Waals surface area contributed by atoms with Crippen LogP contribution in [0.4, 0.5) is 4.39 Å². The Balaban J connectivity index is 1.52. The minimum atomic E-state index is -0.324. The normalized spacial score (nSPS) is 15.3. The quantitative estimate of drug-likeness (QED) is 0.917. The van der Waals surface area contributed by atoms with E-state index in [0.29, 0.717) is 11.6 Å². The lowest BCUT2D eigenvalue weighted by Crippen LogP contribution is -2.36. The molecular formula is C17H19FN2O3. The van der Waals surface area contributed by atoms with Gasteiger partial charge in [-0.15, -0.1) is 0 Å². The molecule has 1 aromatic carbocycles. The van der Waals surface area contributed by atoms with Crippen LogP contribution in [0.5, 0.6) is 5.75 Å². The SMILES string of the molecule is O=C(NC1CCCCC1)c1coc(COc2ccc(F)cc2)n1. The monoisotopic (exact) mass is 318 g/mol. The predicted molar refractivity (Wildman–Crippen MR) is 81.6 cm³/mol. The van der Waals surface area contributed by atoms with Crippen LogP contribution >= 0.6 is 0 Å². The van der Waals surface area contributed by atoms with Gasteiger partial charge in [0.2, 0.25) is 5.89 Å². The average Bonchev–Trinajstić information content (AvgIpc) is 3.04. The fourth-order valence-corrected chi connectivity index (χ4v) is 2.66. The van der Waals surface area contributed by atoms with E-state index >= 15 is 0 Å². The van der Waals surface area contributed by atoms with Crippen molar-refractivity contribution >= 4 is 5.91 Å². The zero-order chi connectivity index (χ0) is 16.1. The fraction of sp³-hybridized carbons (Fsp3) is 0.412. The number of amides is 1. The van der Waals surface area contributed by atoms with Gasteiger partial charge in [0.05, 0.1) is 0 Å². The first-order chi connectivity index (χ1) is 11.2. The third kappa shape index (κ3) is 4.31. The van der Waals surface area contributed by atoms with Gasteiger partial charge in [-0.3, -0.25) is 4.79 Å². The van der Waals surface area contributed by atoms with E-state index in [-0.39, 0.29) is 30.1 Å². The van der Waals surface area contributed by atoms with Gasteiger partial charge < -0.3 is 14.5 Å². The molecule has 1 amide bonds. The molecule has 23 heavy (non-hydrogen) atoms. The molecule has 1 N–H and O–H groups in total. The summed E-state index contributed by atoms with van der Waals surface area (Å²) in [6.45, 7) is 0.0857. The van der Waals surface area contributed by atoms with Crippen molar-refractivity contribution in [2.45, 2.75) is 44.8 Å². The van der Waals surface area contributed by atoms with E-state index in [9.17, 15) is 9.18 Å². The summed E-state index contributed by atoms with van der Waals surface area (Å²) in [6.07, 6.45) is 6.91. The summed E-state index contributed by atoms with van der Waals surface area (Å²) in [5, 5.41) is 2.98. The number of ether oxygens (including phenoxy) is 1. The number of nitrogens with one attached hydrogen (secondary N) is 1. The summed E-state index contributed by atoms with van der Waals surface area (Å²) in [5.41, 5.74) is 0.258. The summed E-state index contributed by atoms with van der Waals surface area (Å²) in [6, 6.07) is 5.90. The maximum Gasteiger partial charge on any atom is 0.273 e. The van der Waals surface area contributed by atoms with Crippen LogP contribution in [0.15, 0.2) is 34.9 Å². The van der Waals surface area contributed by atoms with Crippen molar-refractivity contribution in [3.8, 4) is 5.75 Å². The Morgan fingerprint density at radius 2 is 2.00 bits per heavy atom. The first-order valence-corrected chi connectivity index (χ1v) is 7.84. The first kappa shape index (κ1) is 15.5. The number of benzene rings is 1. The number of nitrogens with zero attached hydrogens (tertiary/aromatic N) is 1. The van der Waals surface area contributed by atoms with Crippen LogP contribution in [0.25, 0.3) is 0 Å². The zero-order valence-corrected chi connectivity index (χ0v) is 12.8. The molecule has 1 saturated carbocycles. The highest BCUT2D eigenvalue weighted by atomic mass is 19.1. The highest BCUT2D eigenvalue weighted by Crippen LogP contribution is 2.18. The second kappa shape index (κ2) is 7.26. The molecule has 122 valence electrons. The van der Waals surface area contributed by atoms with Crippen molar-refractivity contribution in [2.24, 2.45) is 0 Å². The maximum absolute atomic E-state index is 12.8. The van der Waals surface area contributed by atoms with Crippen molar-refractivity contribution in [3.05, 3.63) is 47.9 Å². The van der Waals surface area contributed by atoms with Gasteiger partial charge in [0, 0.05) is 6.04 Å². The van der Waals surface area contributed by atoms with E-state index < -0.39 is 0 Å². The molecule has 1 fully saturated rings. The van der Waals surface area contributed by atoms with Crippen LogP contribution in [0.1, 0.15) is 48.5 Å². The van der Waals surface area contributed by atoms with Crippen molar-refractivity contribution in [1.29, 1.82) is 0 Å². The van der Waals surface area contributed by atoms with E-state index in [4.69, 9.17) is 9.15 Å². The van der Waals surface area contributed by atoms with Gasteiger partial charge in [0.1, 0.15) is 17.8 Å². The van der Waals surface area contributed by atoms with Crippen LogP contribution < -0.4 is 10.1 Å². The highest BCUT2D eigenvalue weighted by molar-refractivity contribution is 5.92. The van der Waals surface area contributed by atoms with Gasteiger partial charge in [-0.25, -0.2) is 9.37 Å². The van der Waals surface area contributed by atoms with Gasteiger partial charge in [-0.2, -0.15) is 0 Å². The molecular weight excluding hydrogens is 299 g/mol. The molecule has 0 unspecified atom stereocenters. The lowest BCUT2D eigenvalue weighted by molar-refractivity contribution is 0.0922.